The summed E-state index contributed by atoms with van der Waals surface area (Å²) in [6.45, 7) is 4.41. The molecule has 0 spiro atoms. The van der Waals surface area contributed by atoms with Crippen LogP contribution < -0.4 is 5.32 Å². The molecule has 1 aliphatic rings. The Morgan fingerprint density at radius 2 is 2.53 bits per heavy atom. The Morgan fingerprint density at radius 3 is 3.18 bits per heavy atom. The highest BCUT2D eigenvalue weighted by Gasteiger charge is 2.30. The molecule has 2 rings (SSSR count). The van der Waals surface area contributed by atoms with Crippen LogP contribution in [0.15, 0.2) is 22.8 Å². The molecule has 2 heterocycles. The minimum atomic E-state index is 0.322. The zero-order chi connectivity index (χ0) is 12.1. The van der Waals surface area contributed by atoms with Gasteiger partial charge in [0.25, 0.3) is 0 Å². The van der Waals surface area contributed by atoms with E-state index in [2.05, 4.69) is 30.3 Å². The minimum Gasteiger partial charge on any atom is -0.468 e. The van der Waals surface area contributed by atoms with E-state index in [-0.39, 0.29) is 0 Å². The van der Waals surface area contributed by atoms with E-state index in [0.29, 0.717) is 12.1 Å². The fraction of sp³-hybridized carbons (Fsp3) is 0.692. The van der Waals surface area contributed by atoms with Crippen molar-refractivity contribution in [1.29, 1.82) is 0 Å². The topological polar surface area (TPSA) is 28.4 Å². The summed E-state index contributed by atoms with van der Waals surface area (Å²) in [4.78, 5) is 2.45. The molecule has 4 heteroatoms. The first-order valence-electron chi connectivity index (χ1n) is 6.37. The van der Waals surface area contributed by atoms with E-state index in [4.69, 9.17) is 4.42 Å². The van der Waals surface area contributed by atoms with Gasteiger partial charge in [-0.25, -0.2) is 0 Å². The summed E-state index contributed by atoms with van der Waals surface area (Å²) in [5.41, 5.74) is 0. The predicted octanol–water partition coefficient (Wildman–Crippen LogP) is 2.37. The van der Waals surface area contributed by atoms with Gasteiger partial charge in [0.05, 0.1) is 12.3 Å². The van der Waals surface area contributed by atoms with Gasteiger partial charge in [0, 0.05) is 24.1 Å². The molecular formula is C13H22N2OS. The van der Waals surface area contributed by atoms with Crippen molar-refractivity contribution >= 4 is 11.8 Å². The number of rotatable bonds is 5. The van der Waals surface area contributed by atoms with E-state index in [0.717, 1.165) is 18.7 Å². The zero-order valence-corrected chi connectivity index (χ0v) is 11.5. The van der Waals surface area contributed by atoms with Crippen LogP contribution in [-0.2, 0) is 0 Å². The largest absolute Gasteiger partial charge is 0.468 e. The quantitative estimate of drug-likeness (QED) is 0.873. The molecule has 0 radical (unpaired) electrons. The lowest BCUT2D eigenvalue weighted by Gasteiger charge is -2.37. The third-order valence-corrected chi connectivity index (χ3v) is 4.34. The van der Waals surface area contributed by atoms with E-state index in [9.17, 15) is 0 Å². The maximum Gasteiger partial charge on any atom is 0.122 e. The molecule has 0 amide bonds. The molecular weight excluding hydrogens is 232 g/mol. The maximum absolute atomic E-state index is 5.60. The lowest BCUT2D eigenvalue weighted by Crippen LogP contribution is -2.47. The van der Waals surface area contributed by atoms with Crippen molar-refractivity contribution in [3.8, 4) is 0 Å². The highest BCUT2D eigenvalue weighted by molar-refractivity contribution is 7.99. The van der Waals surface area contributed by atoms with Crippen molar-refractivity contribution in [3.63, 3.8) is 0 Å². The number of nitrogens with zero attached hydrogens (tertiary/aromatic N) is 1. The Hall–Kier alpha value is -0.450. The SMILES string of the molecule is CCCNC(c1ccco1)C1CSCCN1C. The lowest BCUT2D eigenvalue weighted by atomic mass is 10.1. The Morgan fingerprint density at radius 1 is 1.65 bits per heavy atom. The van der Waals surface area contributed by atoms with Gasteiger partial charge in [0.1, 0.15) is 5.76 Å². The van der Waals surface area contributed by atoms with Gasteiger partial charge in [-0.2, -0.15) is 11.8 Å². The summed E-state index contributed by atoms with van der Waals surface area (Å²) in [5, 5.41) is 3.62. The van der Waals surface area contributed by atoms with Gasteiger partial charge >= 0.3 is 0 Å². The van der Waals surface area contributed by atoms with E-state index < -0.39 is 0 Å². The summed E-state index contributed by atoms with van der Waals surface area (Å²) in [6, 6.07) is 4.92. The fourth-order valence-corrected chi connectivity index (χ4v) is 3.52. The molecule has 0 bridgehead atoms. The minimum absolute atomic E-state index is 0.322. The van der Waals surface area contributed by atoms with Gasteiger partial charge in [0.2, 0.25) is 0 Å². The molecule has 17 heavy (non-hydrogen) atoms. The summed E-state index contributed by atoms with van der Waals surface area (Å²) < 4.78 is 5.60. The number of likely N-dealkylation sites (N-methyl/N-ethyl adjacent to an activating group) is 1. The van der Waals surface area contributed by atoms with E-state index in [1.165, 1.54) is 18.1 Å². The number of nitrogens with one attached hydrogen (secondary N) is 1. The summed E-state index contributed by atoms with van der Waals surface area (Å²) in [6.07, 6.45) is 2.92. The van der Waals surface area contributed by atoms with Crippen LogP contribution in [0.1, 0.15) is 25.1 Å². The molecule has 1 aromatic heterocycles. The molecule has 0 saturated carbocycles. The lowest BCUT2D eigenvalue weighted by molar-refractivity contribution is 0.199. The van der Waals surface area contributed by atoms with E-state index in [1.807, 2.05) is 17.8 Å². The van der Waals surface area contributed by atoms with Crippen molar-refractivity contribution in [2.45, 2.75) is 25.4 Å². The molecule has 1 fully saturated rings. The monoisotopic (exact) mass is 254 g/mol. The second kappa shape index (κ2) is 6.47. The average molecular weight is 254 g/mol. The number of hydrogen-bond donors (Lipinski definition) is 1. The van der Waals surface area contributed by atoms with Crippen molar-refractivity contribution in [1.82, 2.24) is 10.2 Å². The summed E-state index contributed by atoms with van der Waals surface area (Å²) in [7, 11) is 2.22. The fourth-order valence-electron chi connectivity index (χ4n) is 2.25. The first kappa shape index (κ1) is 13.0. The number of furan rings is 1. The van der Waals surface area contributed by atoms with E-state index >= 15 is 0 Å². The van der Waals surface area contributed by atoms with Gasteiger partial charge in [-0.15, -0.1) is 0 Å². The first-order chi connectivity index (χ1) is 8.33. The van der Waals surface area contributed by atoms with Crippen LogP contribution in [0.4, 0.5) is 0 Å². The van der Waals surface area contributed by atoms with E-state index in [1.54, 1.807) is 6.26 Å². The highest BCUT2D eigenvalue weighted by Crippen LogP contribution is 2.27. The molecule has 2 unspecified atom stereocenters. The van der Waals surface area contributed by atoms with Gasteiger partial charge in [-0.1, -0.05) is 6.92 Å². The van der Waals surface area contributed by atoms with Crippen molar-refractivity contribution in [2.24, 2.45) is 0 Å². The molecule has 2 atom stereocenters. The Bertz CT molecular complexity index is 315. The Balaban J connectivity index is 2.08. The van der Waals surface area contributed by atoms with Crippen molar-refractivity contribution < 1.29 is 4.42 Å². The Labute approximate surface area is 108 Å². The molecule has 3 nitrogen and oxygen atoms in total. The van der Waals surface area contributed by atoms with Crippen molar-refractivity contribution in [3.05, 3.63) is 24.2 Å². The van der Waals surface area contributed by atoms with Crippen LogP contribution in [-0.4, -0.2) is 42.6 Å². The van der Waals surface area contributed by atoms with Crippen LogP contribution in [0.5, 0.6) is 0 Å². The third kappa shape index (κ3) is 3.27. The van der Waals surface area contributed by atoms with Crippen LogP contribution in [0, 0.1) is 0 Å². The normalized spacial score (nSPS) is 23.8. The van der Waals surface area contributed by atoms with Gasteiger partial charge < -0.3 is 9.73 Å². The standard InChI is InChI=1S/C13H22N2OS/c1-3-6-14-13(12-5-4-8-16-12)11-10-17-9-7-15(11)2/h4-5,8,11,13-14H,3,6-7,9-10H2,1-2H3. The van der Waals surface area contributed by atoms with Gasteiger partial charge in [-0.3, -0.25) is 4.90 Å². The smallest absolute Gasteiger partial charge is 0.122 e. The molecule has 96 valence electrons. The molecule has 0 aliphatic carbocycles. The zero-order valence-electron chi connectivity index (χ0n) is 10.7. The van der Waals surface area contributed by atoms with Crippen LogP contribution in [0.3, 0.4) is 0 Å². The summed E-state index contributed by atoms with van der Waals surface area (Å²) in [5.74, 6) is 3.49. The second-order valence-corrected chi connectivity index (χ2v) is 5.72. The number of hydrogen-bond acceptors (Lipinski definition) is 4. The third-order valence-electron chi connectivity index (χ3n) is 3.29. The molecule has 0 aromatic carbocycles. The molecule has 1 aromatic rings. The predicted molar refractivity (Wildman–Crippen MR) is 73.5 cm³/mol. The van der Waals surface area contributed by atoms with Crippen molar-refractivity contribution in [2.75, 3.05) is 31.6 Å². The van der Waals surface area contributed by atoms with Crippen LogP contribution >= 0.6 is 11.8 Å². The van der Waals surface area contributed by atoms with Crippen LogP contribution in [0.25, 0.3) is 0 Å². The van der Waals surface area contributed by atoms with Gasteiger partial charge in [0.15, 0.2) is 0 Å². The first-order valence-corrected chi connectivity index (χ1v) is 7.53. The highest BCUT2D eigenvalue weighted by atomic mass is 32.2. The molecule has 1 saturated heterocycles. The number of thioether (sulfide) groups is 1. The average Bonchev–Trinajstić information content (AvgIpc) is 2.85. The molecule has 1 aliphatic heterocycles. The molecule has 1 N–H and O–H groups in total. The maximum atomic E-state index is 5.60. The van der Waals surface area contributed by atoms with Gasteiger partial charge in [-0.05, 0) is 32.1 Å². The summed E-state index contributed by atoms with van der Waals surface area (Å²) >= 11 is 2.04. The Kier molecular flexibility index (Phi) is 4.95. The van der Waals surface area contributed by atoms with Crippen LogP contribution in [0.2, 0.25) is 0 Å². The second-order valence-electron chi connectivity index (χ2n) is 4.57.